The number of aromatic hydroxyl groups is 4. The fourth-order valence-electron chi connectivity index (χ4n) is 9.28. The van der Waals surface area contributed by atoms with E-state index in [1.54, 1.807) is 0 Å². The summed E-state index contributed by atoms with van der Waals surface area (Å²) in [4.78, 5) is 0. The van der Waals surface area contributed by atoms with Gasteiger partial charge in [0.2, 0.25) is 0 Å². The largest absolute Gasteiger partial charge is 0.507 e. The van der Waals surface area contributed by atoms with Gasteiger partial charge in [0.1, 0.15) is 23.0 Å². The van der Waals surface area contributed by atoms with E-state index in [1.807, 2.05) is 149 Å². The molecule has 0 fully saturated rings. The highest BCUT2D eigenvalue weighted by Gasteiger charge is 2.26. The molecule has 0 saturated carbocycles. The molecule has 0 radical (unpaired) electrons. The highest BCUT2D eigenvalue weighted by atomic mass is 16.3. The molecule has 0 amide bonds. The number of rotatable bonds is 10. The molecule has 0 bridgehead atoms. The van der Waals surface area contributed by atoms with Crippen molar-refractivity contribution < 1.29 is 20.4 Å². The zero-order chi connectivity index (χ0) is 44.5. The SMILES string of the molecule is Cc1cc(C(c2ccc(C(c3cc(C)c(O)c(-c4ccccc4)c3)c3cc(C)c(O)c(-c4ccccc4)c3)cc2)c2cc(C)c(O)c(-c3ccccc3)c2)cc(-c2ccccc2)c1O. The van der Waals surface area contributed by atoms with Crippen molar-refractivity contribution in [3.05, 3.63) is 250 Å². The van der Waals surface area contributed by atoms with Crippen LogP contribution in [0, 0.1) is 27.7 Å². The Bertz CT molecular complexity index is 2700. The third-order valence-corrected chi connectivity index (χ3v) is 12.6. The normalized spacial score (nSPS) is 11.3. The molecule has 0 aliphatic rings. The van der Waals surface area contributed by atoms with Crippen LogP contribution in [-0.4, -0.2) is 20.4 Å². The fourth-order valence-corrected chi connectivity index (χ4v) is 9.28. The maximum absolute atomic E-state index is 11.5. The monoisotopic (exact) mass is 834 g/mol. The van der Waals surface area contributed by atoms with Gasteiger partial charge in [0.15, 0.2) is 0 Å². The molecular weight excluding hydrogens is 785 g/mol. The number of aryl methyl sites for hydroxylation is 4. The minimum atomic E-state index is -0.280. The van der Waals surface area contributed by atoms with E-state index in [4.69, 9.17) is 0 Å². The number of hydrogen-bond donors (Lipinski definition) is 4. The van der Waals surface area contributed by atoms with Gasteiger partial charge in [-0.2, -0.15) is 0 Å². The summed E-state index contributed by atoms with van der Waals surface area (Å²) in [6.45, 7) is 7.78. The van der Waals surface area contributed by atoms with E-state index in [-0.39, 0.29) is 34.8 Å². The number of phenolic OH excluding ortho intramolecular Hbond substituents is 4. The second kappa shape index (κ2) is 17.5. The summed E-state index contributed by atoms with van der Waals surface area (Å²) in [6.07, 6.45) is 0. The smallest absolute Gasteiger partial charge is 0.126 e. The third kappa shape index (κ3) is 8.03. The number of benzene rings is 9. The molecule has 9 rings (SSSR count). The molecular formula is C60H50O4. The second-order valence-corrected chi connectivity index (χ2v) is 16.9. The molecule has 0 aliphatic heterocycles. The van der Waals surface area contributed by atoms with Crippen LogP contribution in [0.15, 0.2) is 194 Å². The Hall–Kier alpha value is -7.82. The van der Waals surface area contributed by atoms with Gasteiger partial charge in [-0.15, -0.1) is 0 Å². The quantitative estimate of drug-likeness (QED) is 0.103. The van der Waals surface area contributed by atoms with Crippen molar-refractivity contribution in [1.29, 1.82) is 0 Å². The van der Waals surface area contributed by atoms with Gasteiger partial charge in [-0.3, -0.25) is 0 Å². The van der Waals surface area contributed by atoms with Gasteiger partial charge in [0.25, 0.3) is 0 Å². The summed E-state index contributed by atoms with van der Waals surface area (Å²) in [5, 5.41) is 45.9. The van der Waals surface area contributed by atoms with Crippen molar-refractivity contribution in [2.24, 2.45) is 0 Å². The summed E-state index contributed by atoms with van der Waals surface area (Å²) in [5.74, 6) is 0.428. The fraction of sp³-hybridized carbons (Fsp3) is 0.100. The van der Waals surface area contributed by atoms with E-state index in [0.29, 0.717) is 0 Å². The first-order valence-corrected chi connectivity index (χ1v) is 21.7. The molecule has 0 aromatic heterocycles. The van der Waals surface area contributed by atoms with E-state index < -0.39 is 0 Å². The van der Waals surface area contributed by atoms with Gasteiger partial charge in [0, 0.05) is 34.1 Å². The molecule has 4 nitrogen and oxygen atoms in total. The Labute approximate surface area is 375 Å². The Morgan fingerprint density at radius 3 is 0.656 bits per heavy atom. The van der Waals surface area contributed by atoms with Crippen molar-refractivity contribution in [1.82, 2.24) is 0 Å². The molecule has 0 spiro atoms. The van der Waals surface area contributed by atoms with Crippen molar-refractivity contribution in [2.75, 3.05) is 0 Å². The van der Waals surface area contributed by atoms with E-state index in [9.17, 15) is 20.4 Å². The van der Waals surface area contributed by atoms with Crippen molar-refractivity contribution in [2.45, 2.75) is 39.5 Å². The van der Waals surface area contributed by atoms with Gasteiger partial charge in [-0.25, -0.2) is 0 Å². The molecule has 0 unspecified atom stereocenters. The topological polar surface area (TPSA) is 80.9 Å². The maximum Gasteiger partial charge on any atom is 0.126 e. The minimum absolute atomic E-state index is 0.247. The molecule has 0 atom stereocenters. The van der Waals surface area contributed by atoms with Crippen LogP contribution in [0.1, 0.15) is 67.5 Å². The molecule has 9 aromatic carbocycles. The Balaban J connectivity index is 1.25. The average Bonchev–Trinajstić information content (AvgIpc) is 3.32. The molecule has 9 aromatic rings. The highest BCUT2D eigenvalue weighted by molar-refractivity contribution is 5.78. The Kier molecular flexibility index (Phi) is 11.4. The summed E-state index contributed by atoms with van der Waals surface area (Å²) in [6, 6.07) is 65.3. The van der Waals surface area contributed by atoms with Crippen LogP contribution >= 0.6 is 0 Å². The summed E-state index contributed by atoms with van der Waals surface area (Å²) >= 11 is 0. The average molecular weight is 835 g/mol. The lowest BCUT2D eigenvalue weighted by Gasteiger charge is -2.25. The molecule has 4 heteroatoms. The van der Waals surface area contributed by atoms with Crippen molar-refractivity contribution in [3.63, 3.8) is 0 Å². The molecule has 0 saturated heterocycles. The van der Waals surface area contributed by atoms with E-state index in [0.717, 1.165) is 100 Å². The zero-order valence-electron chi connectivity index (χ0n) is 36.4. The van der Waals surface area contributed by atoms with Gasteiger partial charge in [-0.1, -0.05) is 170 Å². The molecule has 0 aliphatic carbocycles. The van der Waals surface area contributed by atoms with Gasteiger partial charge < -0.3 is 20.4 Å². The molecule has 64 heavy (non-hydrogen) atoms. The van der Waals surface area contributed by atoms with Gasteiger partial charge in [0.05, 0.1) is 0 Å². The second-order valence-electron chi connectivity index (χ2n) is 16.9. The van der Waals surface area contributed by atoms with Crippen LogP contribution in [0.4, 0.5) is 0 Å². The van der Waals surface area contributed by atoms with Crippen molar-refractivity contribution >= 4 is 0 Å². The first kappa shape index (κ1) is 41.5. The van der Waals surface area contributed by atoms with Crippen LogP contribution in [-0.2, 0) is 0 Å². The lowest BCUT2D eigenvalue weighted by atomic mass is 9.78. The van der Waals surface area contributed by atoms with Crippen LogP contribution < -0.4 is 0 Å². The van der Waals surface area contributed by atoms with Gasteiger partial charge >= 0.3 is 0 Å². The van der Waals surface area contributed by atoms with E-state index in [1.165, 1.54) is 0 Å². The number of phenols is 4. The van der Waals surface area contributed by atoms with Crippen LogP contribution in [0.3, 0.4) is 0 Å². The van der Waals surface area contributed by atoms with Crippen LogP contribution in [0.5, 0.6) is 23.0 Å². The van der Waals surface area contributed by atoms with Gasteiger partial charge in [-0.05, 0) is 130 Å². The summed E-state index contributed by atoms with van der Waals surface area (Å²) in [7, 11) is 0. The van der Waals surface area contributed by atoms with Crippen LogP contribution in [0.2, 0.25) is 0 Å². The molecule has 314 valence electrons. The zero-order valence-corrected chi connectivity index (χ0v) is 36.4. The third-order valence-electron chi connectivity index (χ3n) is 12.6. The molecule has 0 heterocycles. The predicted molar refractivity (Wildman–Crippen MR) is 261 cm³/mol. The standard InChI is InChI=1S/C60H50O4/c1-37-29-47(33-51(57(37)61)41-17-9-5-10-18-41)55(48-30-38(2)58(62)52(34-48)42-19-11-6-12-20-42)45-25-27-46(28-26-45)56(49-31-39(3)59(63)53(35-49)43-21-13-7-14-22-43)50-32-40(4)60(64)54(36-50)44-23-15-8-16-24-44/h5-36,55-56,61-64H,1-4H3. The lowest BCUT2D eigenvalue weighted by Crippen LogP contribution is -2.08. The predicted octanol–water partition coefficient (Wildman–Crippen LogP) is 14.8. The Morgan fingerprint density at radius 2 is 0.453 bits per heavy atom. The van der Waals surface area contributed by atoms with Crippen LogP contribution in [0.25, 0.3) is 44.5 Å². The summed E-state index contributed by atoms with van der Waals surface area (Å²) in [5.41, 5.74) is 15.9. The minimum Gasteiger partial charge on any atom is -0.507 e. The Morgan fingerprint density at radius 1 is 0.250 bits per heavy atom. The lowest BCUT2D eigenvalue weighted by molar-refractivity contribution is 0.472. The maximum atomic E-state index is 11.5. The van der Waals surface area contributed by atoms with E-state index in [2.05, 4.69) is 72.8 Å². The first-order valence-electron chi connectivity index (χ1n) is 21.7. The molecule has 4 N–H and O–H groups in total. The summed E-state index contributed by atoms with van der Waals surface area (Å²) < 4.78 is 0. The number of hydrogen-bond acceptors (Lipinski definition) is 4. The van der Waals surface area contributed by atoms with E-state index >= 15 is 0 Å². The highest BCUT2D eigenvalue weighted by Crippen LogP contribution is 2.46. The first-order chi connectivity index (χ1) is 31.0. The van der Waals surface area contributed by atoms with Crippen molar-refractivity contribution in [3.8, 4) is 67.5 Å².